The number of hydrogen-bond donors (Lipinski definition) is 1. The molecule has 0 unspecified atom stereocenters. The van der Waals surface area contributed by atoms with Crippen LogP contribution < -0.4 is 14.8 Å². The molecule has 7 nitrogen and oxygen atoms in total. The van der Waals surface area contributed by atoms with Gasteiger partial charge in [0.2, 0.25) is 11.0 Å². The van der Waals surface area contributed by atoms with Crippen molar-refractivity contribution in [3.8, 4) is 11.5 Å². The molecule has 122 valence electrons. The van der Waals surface area contributed by atoms with Crippen molar-refractivity contribution in [1.29, 1.82) is 0 Å². The summed E-state index contributed by atoms with van der Waals surface area (Å²) in [6, 6.07) is 5.84. The molecule has 0 aliphatic carbocycles. The molecule has 1 aromatic carbocycles. The predicted octanol–water partition coefficient (Wildman–Crippen LogP) is 1.77. The fraction of sp³-hybridized carbons (Fsp3) is 0.400. The first-order valence-corrected chi connectivity index (χ1v) is 8.30. The summed E-state index contributed by atoms with van der Waals surface area (Å²) in [5.41, 5.74) is 2.61. The number of carbonyl (C=O) groups is 1. The van der Waals surface area contributed by atoms with E-state index in [9.17, 15) is 4.79 Å². The number of hydrogen-bond acceptors (Lipinski definition) is 7. The summed E-state index contributed by atoms with van der Waals surface area (Å²) in [7, 11) is 0. The summed E-state index contributed by atoms with van der Waals surface area (Å²) in [4.78, 5) is 14.1. The second kappa shape index (κ2) is 7.38. The predicted molar refractivity (Wildman–Crippen MR) is 86.9 cm³/mol. The maximum atomic E-state index is 12.1. The summed E-state index contributed by atoms with van der Waals surface area (Å²) >= 11 is 1.30. The van der Waals surface area contributed by atoms with Gasteiger partial charge in [0.25, 0.3) is 0 Å². The Morgan fingerprint density at radius 1 is 1.39 bits per heavy atom. The fourth-order valence-electron chi connectivity index (χ4n) is 2.37. The third-order valence-corrected chi connectivity index (χ3v) is 4.07. The number of likely N-dealkylation sites (N-methyl/N-ethyl adjacent to an activating group) is 1. The van der Waals surface area contributed by atoms with E-state index in [1.54, 1.807) is 5.51 Å². The molecule has 1 N–H and O–H groups in total. The van der Waals surface area contributed by atoms with E-state index < -0.39 is 0 Å². The van der Waals surface area contributed by atoms with Gasteiger partial charge in [-0.15, -0.1) is 10.2 Å². The normalized spacial score (nSPS) is 13.1. The zero-order valence-corrected chi connectivity index (χ0v) is 13.6. The fourth-order valence-corrected chi connectivity index (χ4v) is 2.83. The largest absolute Gasteiger partial charge is 0.486 e. The van der Waals surface area contributed by atoms with Crippen LogP contribution in [0.1, 0.15) is 12.5 Å². The van der Waals surface area contributed by atoms with Crippen LogP contribution in [-0.4, -0.2) is 47.3 Å². The summed E-state index contributed by atoms with van der Waals surface area (Å²) in [5.74, 6) is 1.44. The Hall–Kier alpha value is -2.19. The average molecular weight is 334 g/mol. The van der Waals surface area contributed by atoms with Gasteiger partial charge in [-0.1, -0.05) is 30.4 Å². The summed E-state index contributed by atoms with van der Waals surface area (Å²) in [6.07, 6.45) is 0. The number of anilines is 1. The second-order valence-electron chi connectivity index (χ2n) is 5.04. The Bertz CT molecular complexity index is 663. The third-order valence-electron chi connectivity index (χ3n) is 3.46. The lowest BCUT2D eigenvalue weighted by molar-refractivity contribution is -0.117. The molecular formula is C15H18N4O3S. The van der Waals surface area contributed by atoms with Crippen LogP contribution in [-0.2, 0) is 11.3 Å². The van der Waals surface area contributed by atoms with Crippen LogP contribution in [0.3, 0.4) is 0 Å². The van der Waals surface area contributed by atoms with Crippen LogP contribution in [0.2, 0.25) is 0 Å². The number of fused-ring (bicyclic) bond motifs is 1. The van der Waals surface area contributed by atoms with Crippen LogP contribution in [0, 0.1) is 0 Å². The molecule has 23 heavy (non-hydrogen) atoms. The van der Waals surface area contributed by atoms with Crippen molar-refractivity contribution in [3.63, 3.8) is 0 Å². The molecule has 2 heterocycles. The molecule has 1 amide bonds. The molecule has 0 radical (unpaired) electrons. The van der Waals surface area contributed by atoms with E-state index in [1.165, 1.54) is 11.3 Å². The first-order chi connectivity index (χ1) is 11.3. The Labute approximate surface area is 138 Å². The van der Waals surface area contributed by atoms with Crippen molar-refractivity contribution < 1.29 is 14.3 Å². The van der Waals surface area contributed by atoms with Crippen LogP contribution in [0.25, 0.3) is 0 Å². The molecule has 0 fully saturated rings. The van der Waals surface area contributed by atoms with E-state index in [4.69, 9.17) is 9.47 Å². The van der Waals surface area contributed by atoms with E-state index in [-0.39, 0.29) is 12.5 Å². The Morgan fingerprint density at radius 3 is 3.04 bits per heavy atom. The molecule has 1 aromatic heterocycles. The topological polar surface area (TPSA) is 76.6 Å². The quantitative estimate of drug-likeness (QED) is 0.868. The maximum absolute atomic E-state index is 12.1. The highest BCUT2D eigenvalue weighted by molar-refractivity contribution is 7.13. The van der Waals surface area contributed by atoms with Gasteiger partial charge in [-0.05, 0) is 12.6 Å². The van der Waals surface area contributed by atoms with Crippen LogP contribution >= 0.6 is 11.3 Å². The zero-order valence-electron chi connectivity index (χ0n) is 12.8. The highest BCUT2D eigenvalue weighted by atomic mass is 32.1. The minimum Gasteiger partial charge on any atom is -0.486 e. The molecule has 3 rings (SSSR count). The SMILES string of the molecule is CCN(CC(=O)Nc1nncs1)Cc1cccc2c1OCCO2. The van der Waals surface area contributed by atoms with E-state index in [0.29, 0.717) is 24.9 Å². The summed E-state index contributed by atoms with van der Waals surface area (Å²) in [6.45, 7) is 4.78. The van der Waals surface area contributed by atoms with E-state index >= 15 is 0 Å². The van der Waals surface area contributed by atoms with E-state index in [0.717, 1.165) is 23.6 Å². The number of rotatable bonds is 6. The second-order valence-corrected chi connectivity index (χ2v) is 5.87. The molecule has 0 bridgehead atoms. The molecule has 8 heteroatoms. The molecule has 1 aliphatic rings. The smallest absolute Gasteiger partial charge is 0.240 e. The van der Waals surface area contributed by atoms with Crippen LogP contribution in [0.5, 0.6) is 11.5 Å². The lowest BCUT2D eigenvalue weighted by Gasteiger charge is -2.24. The van der Waals surface area contributed by atoms with Crippen molar-refractivity contribution in [1.82, 2.24) is 15.1 Å². The number of nitrogens with one attached hydrogen (secondary N) is 1. The highest BCUT2D eigenvalue weighted by Gasteiger charge is 2.18. The van der Waals surface area contributed by atoms with Gasteiger partial charge in [-0.25, -0.2) is 0 Å². The van der Waals surface area contributed by atoms with E-state index in [1.807, 2.05) is 30.0 Å². The highest BCUT2D eigenvalue weighted by Crippen LogP contribution is 2.34. The van der Waals surface area contributed by atoms with Crippen LogP contribution in [0.4, 0.5) is 5.13 Å². The monoisotopic (exact) mass is 334 g/mol. The molecule has 1 aliphatic heterocycles. The zero-order chi connectivity index (χ0) is 16.1. The average Bonchev–Trinajstić information content (AvgIpc) is 3.07. The van der Waals surface area contributed by atoms with Gasteiger partial charge in [0, 0.05) is 12.1 Å². The third kappa shape index (κ3) is 3.96. The van der Waals surface area contributed by atoms with Crippen molar-refractivity contribution in [2.45, 2.75) is 13.5 Å². The minimum absolute atomic E-state index is 0.106. The number of aromatic nitrogens is 2. The standard InChI is InChI=1S/C15H18N4O3S/c1-2-19(9-13(20)17-15-18-16-10-23-15)8-11-4-3-5-12-14(11)22-7-6-21-12/h3-5,10H,2,6-9H2,1H3,(H,17,18,20). The van der Waals surface area contributed by atoms with Gasteiger partial charge >= 0.3 is 0 Å². The molecular weight excluding hydrogens is 316 g/mol. The Kier molecular flexibility index (Phi) is 5.04. The molecule has 2 aromatic rings. The molecule has 0 saturated carbocycles. The van der Waals surface area contributed by atoms with Crippen molar-refractivity contribution in [2.24, 2.45) is 0 Å². The first kappa shape index (κ1) is 15.7. The lowest BCUT2D eigenvalue weighted by Crippen LogP contribution is -2.33. The van der Waals surface area contributed by atoms with E-state index in [2.05, 4.69) is 15.5 Å². The van der Waals surface area contributed by atoms with Crippen molar-refractivity contribution in [2.75, 3.05) is 31.6 Å². The van der Waals surface area contributed by atoms with Crippen molar-refractivity contribution >= 4 is 22.4 Å². The van der Waals surface area contributed by atoms with Gasteiger partial charge in [-0.3, -0.25) is 15.0 Å². The minimum atomic E-state index is -0.106. The number of para-hydroxylation sites is 1. The van der Waals surface area contributed by atoms with Gasteiger partial charge in [0.05, 0.1) is 6.54 Å². The van der Waals surface area contributed by atoms with Crippen molar-refractivity contribution in [3.05, 3.63) is 29.3 Å². The van der Waals surface area contributed by atoms with Crippen LogP contribution in [0.15, 0.2) is 23.7 Å². The number of carbonyl (C=O) groups excluding carboxylic acids is 1. The van der Waals surface area contributed by atoms with Gasteiger partial charge < -0.3 is 9.47 Å². The molecule has 0 saturated heterocycles. The number of benzene rings is 1. The Balaban J connectivity index is 1.64. The van der Waals surface area contributed by atoms with Gasteiger partial charge in [0.15, 0.2) is 11.5 Å². The summed E-state index contributed by atoms with van der Waals surface area (Å²) < 4.78 is 11.3. The maximum Gasteiger partial charge on any atom is 0.240 e. The first-order valence-electron chi connectivity index (χ1n) is 7.42. The summed E-state index contributed by atoms with van der Waals surface area (Å²) in [5, 5.41) is 10.8. The lowest BCUT2D eigenvalue weighted by atomic mass is 10.1. The number of amides is 1. The number of ether oxygens (including phenoxy) is 2. The van der Waals surface area contributed by atoms with Gasteiger partial charge in [0.1, 0.15) is 18.7 Å². The molecule has 0 atom stereocenters. The molecule has 0 spiro atoms. The number of nitrogens with zero attached hydrogens (tertiary/aromatic N) is 3. The van der Waals surface area contributed by atoms with Gasteiger partial charge in [-0.2, -0.15) is 0 Å². The Morgan fingerprint density at radius 2 is 2.26 bits per heavy atom.